The average molecular weight is 196 g/mol. The van der Waals surface area contributed by atoms with Gasteiger partial charge in [0, 0.05) is 5.39 Å². The molecule has 0 saturated heterocycles. The number of fused-ring (bicyclic) bond motifs is 1. The minimum Gasteiger partial charge on any atom is -0.397 e. The van der Waals surface area contributed by atoms with E-state index in [9.17, 15) is 0 Å². The Labute approximate surface area is 88.9 Å². The highest BCUT2D eigenvalue weighted by atomic mass is 14.6. The maximum absolute atomic E-state index is 9.00. The third-order valence-corrected chi connectivity index (χ3v) is 2.75. The first-order chi connectivity index (χ1) is 7.15. The summed E-state index contributed by atoms with van der Waals surface area (Å²) in [4.78, 5) is 0. The summed E-state index contributed by atoms with van der Waals surface area (Å²) in [5, 5.41) is 11.1. The molecule has 2 nitrogen and oxygen atoms in total. The van der Waals surface area contributed by atoms with Gasteiger partial charge in [0.1, 0.15) is 6.07 Å². The lowest BCUT2D eigenvalue weighted by molar-refractivity contribution is 1.40. The summed E-state index contributed by atoms with van der Waals surface area (Å²) in [6.07, 6.45) is 0. The number of nitrogens with zero attached hydrogens (tertiary/aromatic N) is 1. The molecule has 0 unspecified atom stereocenters. The van der Waals surface area contributed by atoms with Crippen molar-refractivity contribution in [3.63, 3.8) is 0 Å². The maximum atomic E-state index is 9.00. The highest BCUT2D eigenvalue weighted by molar-refractivity contribution is 5.98. The predicted molar refractivity (Wildman–Crippen MR) is 62.5 cm³/mol. The predicted octanol–water partition coefficient (Wildman–Crippen LogP) is 2.91. The summed E-state index contributed by atoms with van der Waals surface area (Å²) in [5.41, 5.74) is 9.29. The lowest BCUT2D eigenvalue weighted by atomic mass is 9.97. The second-order valence-corrected chi connectivity index (χ2v) is 3.76. The zero-order chi connectivity index (χ0) is 11.0. The summed E-state index contributed by atoms with van der Waals surface area (Å²) >= 11 is 0. The van der Waals surface area contributed by atoms with E-state index in [-0.39, 0.29) is 0 Å². The van der Waals surface area contributed by atoms with Gasteiger partial charge in [0.15, 0.2) is 0 Å². The smallest absolute Gasteiger partial charge is 0.102 e. The van der Waals surface area contributed by atoms with E-state index in [1.54, 1.807) is 0 Å². The van der Waals surface area contributed by atoms with Gasteiger partial charge >= 0.3 is 0 Å². The van der Waals surface area contributed by atoms with E-state index >= 15 is 0 Å². The fourth-order valence-corrected chi connectivity index (χ4v) is 1.89. The molecule has 0 aromatic heterocycles. The van der Waals surface area contributed by atoms with Gasteiger partial charge < -0.3 is 5.73 Å². The van der Waals surface area contributed by atoms with Crippen molar-refractivity contribution in [2.24, 2.45) is 0 Å². The van der Waals surface area contributed by atoms with Crippen LogP contribution in [0.2, 0.25) is 0 Å². The molecule has 0 radical (unpaired) electrons. The van der Waals surface area contributed by atoms with Crippen molar-refractivity contribution in [3.8, 4) is 6.07 Å². The summed E-state index contributed by atoms with van der Waals surface area (Å²) in [5.74, 6) is 0. The highest BCUT2D eigenvalue weighted by Gasteiger charge is 2.08. The molecule has 0 fully saturated rings. The first kappa shape index (κ1) is 9.54. The Balaban J connectivity index is 2.99. The van der Waals surface area contributed by atoms with Crippen LogP contribution >= 0.6 is 0 Å². The van der Waals surface area contributed by atoms with Crippen LogP contribution in [0.25, 0.3) is 10.8 Å². The molecular formula is C13H12N2. The molecule has 2 rings (SSSR count). The normalized spacial score (nSPS) is 10.2. The number of nitrogen functional groups attached to an aromatic ring is 1. The maximum Gasteiger partial charge on any atom is 0.102 e. The number of aryl methyl sites for hydroxylation is 2. The first-order valence-electron chi connectivity index (χ1n) is 4.83. The Kier molecular flexibility index (Phi) is 2.09. The van der Waals surface area contributed by atoms with Crippen LogP contribution in [0.3, 0.4) is 0 Å². The van der Waals surface area contributed by atoms with Gasteiger partial charge in [0.25, 0.3) is 0 Å². The molecule has 0 heterocycles. The number of benzene rings is 2. The van der Waals surface area contributed by atoms with E-state index in [4.69, 9.17) is 11.0 Å². The van der Waals surface area contributed by atoms with E-state index in [2.05, 4.69) is 6.07 Å². The van der Waals surface area contributed by atoms with Crippen LogP contribution in [-0.4, -0.2) is 0 Å². The van der Waals surface area contributed by atoms with Crippen molar-refractivity contribution in [2.45, 2.75) is 13.8 Å². The number of nitriles is 1. The van der Waals surface area contributed by atoms with Crippen LogP contribution in [0.1, 0.15) is 16.7 Å². The van der Waals surface area contributed by atoms with Crippen LogP contribution in [-0.2, 0) is 0 Å². The molecule has 2 aromatic rings. The van der Waals surface area contributed by atoms with Crippen LogP contribution in [0.15, 0.2) is 24.3 Å². The van der Waals surface area contributed by atoms with Gasteiger partial charge in [-0.3, -0.25) is 0 Å². The van der Waals surface area contributed by atoms with Crippen LogP contribution in [0.4, 0.5) is 5.69 Å². The molecule has 0 saturated carbocycles. The van der Waals surface area contributed by atoms with E-state index in [0.29, 0.717) is 11.3 Å². The van der Waals surface area contributed by atoms with Gasteiger partial charge in [-0.1, -0.05) is 18.2 Å². The fraction of sp³-hybridized carbons (Fsp3) is 0.154. The molecular weight excluding hydrogens is 184 g/mol. The molecule has 0 aliphatic rings. The monoisotopic (exact) mass is 196 g/mol. The summed E-state index contributed by atoms with van der Waals surface area (Å²) in [6, 6.07) is 10.1. The second kappa shape index (κ2) is 3.29. The molecule has 74 valence electrons. The average Bonchev–Trinajstić information content (AvgIpc) is 2.20. The van der Waals surface area contributed by atoms with E-state index in [0.717, 1.165) is 16.3 Å². The van der Waals surface area contributed by atoms with Crippen molar-refractivity contribution in [1.29, 1.82) is 5.26 Å². The van der Waals surface area contributed by atoms with Gasteiger partial charge in [0.2, 0.25) is 0 Å². The largest absolute Gasteiger partial charge is 0.397 e. The van der Waals surface area contributed by atoms with Gasteiger partial charge in [-0.2, -0.15) is 5.26 Å². The van der Waals surface area contributed by atoms with E-state index < -0.39 is 0 Å². The summed E-state index contributed by atoms with van der Waals surface area (Å²) in [6.45, 7) is 3.97. The van der Waals surface area contributed by atoms with Crippen molar-refractivity contribution in [1.82, 2.24) is 0 Å². The number of hydrogen-bond acceptors (Lipinski definition) is 2. The van der Waals surface area contributed by atoms with Crippen LogP contribution < -0.4 is 5.73 Å². The minimum absolute atomic E-state index is 0.591. The zero-order valence-electron chi connectivity index (χ0n) is 8.83. The lowest BCUT2D eigenvalue weighted by Crippen LogP contribution is -1.96. The van der Waals surface area contributed by atoms with E-state index in [1.807, 2.05) is 38.1 Å². The zero-order valence-corrected chi connectivity index (χ0v) is 8.83. The lowest BCUT2D eigenvalue weighted by Gasteiger charge is -2.09. The standard InChI is InChI=1S/C13H12N2/c1-8-4-3-5-10-11(8)6-9(2)12(7-14)13(10)15/h3-6H,15H2,1-2H3. The Morgan fingerprint density at radius 2 is 1.87 bits per heavy atom. The van der Waals surface area contributed by atoms with Gasteiger partial charge in [-0.25, -0.2) is 0 Å². The van der Waals surface area contributed by atoms with Crippen molar-refractivity contribution < 1.29 is 0 Å². The number of hydrogen-bond donors (Lipinski definition) is 1. The Morgan fingerprint density at radius 1 is 1.13 bits per heavy atom. The first-order valence-corrected chi connectivity index (χ1v) is 4.83. The Hall–Kier alpha value is -2.01. The number of anilines is 1. The molecule has 2 heteroatoms. The number of rotatable bonds is 0. The molecule has 15 heavy (non-hydrogen) atoms. The second-order valence-electron chi connectivity index (χ2n) is 3.76. The van der Waals surface area contributed by atoms with Gasteiger partial charge in [0.05, 0.1) is 11.3 Å². The van der Waals surface area contributed by atoms with Crippen LogP contribution in [0, 0.1) is 25.2 Å². The molecule has 0 aliphatic carbocycles. The quantitative estimate of drug-likeness (QED) is 0.658. The summed E-state index contributed by atoms with van der Waals surface area (Å²) < 4.78 is 0. The molecule has 2 N–H and O–H groups in total. The van der Waals surface area contributed by atoms with Crippen LogP contribution in [0.5, 0.6) is 0 Å². The topological polar surface area (TPSA) is 49.8 Å². The Bertz CT molecular complexity index is 577. The fourth-order valence-electron chi connectivity index (χ4n) is 1.89. The number of nitrogens with two attached hydrogens (primary N) is 1. The molecule has 2 aromatic carbocycles. The highest BCUT2D eigenvalue weighted by Crippen LogP contribution is 2.29. The summed E-state index contributed by atoms with van der Waals surface area (Å²) in [7, 11) is 0. The molecule has 0 aliphatic heterocycles. The van der Waals surface area contributed by atoms with E-state index in [1.165, 1.54) is 5.56 Å². The Morgan fingerprint density at radius 3 is 2.53 bits per heavy atom. The SMILES string of the molecule is Cc1cc2c(C)cccc2c(N)c1C#N. The minimum atomic E-state index is 0.591. The third-order valence-electron chi connectivity index (χ3n) is 2.75. The molecule has 0 bridgehead atoms. The molecule has 0 amide bonds. The van der Waals surface area contributed by atoms with Crippen molar-refractivity contribution in [3.05, 3.63) is 41.0 Å². The van der Waals surface area contributed by atoms with Gasteiger partial charge in [-0.05, 0) is 36.4 Å². The molecule has 0 spiro atoms. The van der Waals surface area contributed by atoms with Crippen molar-refractivity contribution >= 4 is 16.5 Å². The third kappa shape index (κ3) is 1.33. The van der Waals surface area contributed by atoms with Crippen molar-refractivity contribution in [2.75, 3.05) is 5.73 Å². The van der Waals surface area contributed by atoms with Gasteiger partial charge in [-0.15, -0.1) is 0 Å². The molecule has 0 atom stereocenters.